The van der Waals surface area contributed by atoms with E-state index in [0.29, 0.717) is 0 Å². The Bertz CT molecular complexity index is 588. The van der Waals surface area contributed by atoms with E-state index in [-0.39, 0.29) is 0 Å². The van der Waals surface area contributed by atoms with Crippen LogP contribution in [0.4, 0.5) is 0 Å². The number of rotatable bonds is 5. The molecule has 20 heavy (non-hydrogen) atoms. The summed E-state index contributed by atoms with van der Waals surface area (Å²) in [5.74, 6) is -0.991. The molecule has 0 heterocycles. The van der Waals surface area contributed by atoms with Crippen LogP contribution in [-0.4, -0.2) is 16.3 Å². The minimum absolute atomic E-state index is 0.561. The van der Waals surface area contributed by atoms with E-state index in [1.54, 1.807) is 24.3 Å². The number of carbonyl (C=O) groups is 1. The predicted octanol–water partition coefficient (Wildman–Crippen LogP) is 3.36. The largest absolute Gasteiger partial charge is 0.478 e. The standard InChI is InChI=1S/C16H14O4/c17-15(18)11-8-12-6-9-14(10-7-12)16(20-19)13-4-2-1-3-5-13/h1-11,16,19H,(H,17,18). The van der Waals surface area contributed by atoms with Crippen LogP contribution in [0.2, 0.25) is 0 Å². The summed E-state index contributed by atoms with van der Waals surface area (Å²) in [7, 11) is 0. The van der Waals surface area contributed by atoms with E-state index in [2.05, 4.69) is 4.89 Å². The fourth-order valence-corrected chi connectivity index (χ4v) is 1.89. The molecule has 1 atom stereocenters. The molecule has 0 aliphatic carbocycles. The zero-order valence-electron chi connectivity index (χ0n) is 10.6. The van der Waals surface area contributed by atoms with Gasteiger partial charge in [0.2, 0.25) is 0 Å². The third-order valence-corrected chi connectivity index (χ3v) is 2.87. The van der Waals surface area contributed by atoms with Crippen molar-refractivity contribution in [3.63, 3.8) is 0 Å². The smallest absolute Gasteiger partial charge is 0.328 e. The van der Waals surface area contributed by atoms with Crippen molar-refractivity contribution in [3.05, 3.63) is 77.4 Å². The zero-order chi connectivity index (χ0) is 14.4. The van der Waals surface area contributed by atoms with Gasteiger partial charge in [-0.1, -0.05) is 54.6 Å². The summed E-state index contributed by atoms with van der Waals surface area (Å²) in [5, 5.41) is 17.7. The molecule has 102 valence electrons. The second-order valence-corrected chi connectivity index (χ2v) is 4.23. The lowest BCUT2D eigenvalue weighted by atomic mass is 10.0. The number of aliphatic carboxylic acids is 1. The Morgan fingerprint density at radius 1 is 1.00 bits per heavy atom. The van der Waals surface area contributed by atoms with Gasteiger partial charge < -0.3 is 5.11 Å². The molecule has 2 rings (SSSR count). The van der Waals surface area contributed by atoms with Gasteiger partial charge in [0.05, 0.1) is 0 Å². The van der Waals surface area contributed by atoms with Crippen molar-refractivity contribution in [2.45, 2.75) is 6.10 Å². The maximum absolute atomic E-state index is 10.4. The second kappa shape index (κ2) is 6.65. The van der Waals surface area contributed by atoms with Crippen molar-refractivity contribution in [2.75, 3.05) is 0 Å². The SMILES string of the molecule is O=C(O)C=Cc1ccc(C(OO)c2ccccc2)cc1. The first-order chi connectivity index (χ1) is 9.70. The average Bonchev–Trinajstić information content (AvgIpc) is 2.48. The number of carboxylic acid groups (broad SMARTS) is 1. The maximum Gasteiger partial charge on any atom is 0.328 e. The van der Waals surface area contributed by atoms with Gasteiger partial charge >= 0.3 is 5.97 Å². The van der Waals surface area contributed by atoms with Gasteiger partial charge in [-0.25, -0.2) is 9.68 Å². The Kier molecular flexibility index (Phi) is 4.65. The highest BCUT2D eigenvalue weighted by atomic mass is 17.1. The highest BCUT2D eigenvalue weighted by Crippen LogP contribution is 2.25. The maximum atomic E-state index is 10.4. The first-order valence-electron chi connectivity index (χ1n) is 6.07. The zero-order valence-corrected chi connectivity index (χ0v) is 10.6. The van der Waals surface area contributed by atoms with Crippen molar-refractivity contribution < 1.29 is 20.0 Å². The van der Waals surface area contributed by atoms with Crippen molar-refractivity contribution in [3.8, 4) is 0 Å². The van der Waals surface area contributed by atoms with Gasteiger partial charge in [-0.05, 0) is 22.8 Å². The molecular weight excluding hydrogens is 256 g/mol. The third kappa shape index (κ3) is 3.54. The second-order valence-electron chi connectivity index (χ2n) is 4.23. The van der Waals surface area contributed by atoms with Gasteiger partial charge in [-0.15, -0.1) is 0 Å². The molecular formula is C16H14O4. The topological polar surface area (TPSA) is 66.8 Å². The predicted molar refractivity (Wildman–Crippen MR) is 75.1 cm³/mol. The van der Waals surface area contributed by atoms with Gasteiger partial charge in [0, 0.05) is 6.08 Å². The quantitative estimate of drug-likeness (QED) is 0.496. The van der Waals surface area contributed by atoms with Crippen LogP contribution in [0.3, 0.4) is 0 Å². The van der Waals surface area contributed by atoms with Crippen molar-refractivity contribution in [2.24, 2.45) is 0 Å². The molecule has 2 aromatic rings. The van der Waals surface area contributed by atoms with Crippen LogP contribution in [0.25, 0.3) is 6.08 Å². The first-order valence-corrected chi connectivity index (χ1v) is 6.07. The van der Waals surface area contributed by atoms with Crippen molar-refractivity contribution in [1.29, 1.82) is 0 Å². The minimum atomic E-state index is -0.991. The summed E-state index contributed by atoms with van der Waals surface area (Å²) in [6.45, 7) is 0. The normalized spacial score (nSPS) is 12.4. The van der Waals surface area contributed by atoms with E-state index >= 15 is 0 Å². The summed E-state index contributed by atoms with van der Waals surface area (Å²) in [6, 6.07) is 16.4. The monoisotopic (exact) mass is 270 g/mol. The lowest BCUT2D eigenvalue weighted by molar-refractivity contribution is -0.270. The third-order valence-electron chi connectivity index (χ3n) is 2.87. The molecule has 0 spiro atoms. The number of hydrogen-bond acceptors (Lipinski definition) is 3. The van der Waals surface area contributed by atoms with Crippen LogP contribution < -0.4 is 0 Å². The van der Waals surface area contributed by atoms with Crippen LogP contribution >= 0.6 is 0 Å². The molecule has 0 bridgehead atoms. The van der Waals surface area contributed by atoms with Gasteiger partial charge in [0.1, 0.15) is 6.10 Å². The van der Waals surface area contributed by atoms with Crippen molar-refractivity contribution in [1.82, 2.24) is 0 Å². The Morgan fingerprint density at radius 2 is 1.60 bits per heavy atom. The number of hydrogen-bond donors (Lipinski definition) is 2. The number of benzene rings is 2. The average molecular weight is 270 g/mol. The highest BCUT2D eigenvalue weighted by molar-refractivity contribution is 5.85. The number of carboxylic acids is 1. The van der Waals surface area contributed by atoms with Gasteiger partial charge in [0.15, 0.2) is 0 Å². The molecule has 0 saturated heterocycles. The van der Waals surface area contributed by atoms with E-state index in [4.69, 9.17) is 10.4 Å². The van der Waals surface area contributed by atoms with Gasteiger partial charge in [0.25, 0.3) is 0 Å². The Hall–Kier alpha value is -2.43. The molecule has 0 radical (unpaired) electrons. The molecule has 2 N–H and O–H groups in total. The Labute approximate surface area is 116 Å². The van der Waals surface area contributed by atoms with Crippen LogP contribution in [0.5, 0.6) is 0 Å². The van der Waals surface area contributed by atoms with Crippen LogP contribution in [0.1, 0.15) is 22.8 Å². The van der Waals surface area contributed by atoms with E-state index in [1.165, 1.54) is 6.08 Å². The molecule has 2 aromatic carbocycles. The van der Waals surface area contributed by atoms with Crippen LogP contribution in [-0.2, 0) is 9.68 Å². The fourth-order valence-electron chi connectivity index (χ4n) is 1.89. The summed E-state index contributed by atoms with van der Waals surface area (Å²) >= 11 is 0. The van der Waals surface area contributed by atoms with Crippen LogP contribution in [0, 0.1) is 0 Å². The van der Waals surface area contributed by atoms with E-state index < -0.39 is 12.1 Å². The van der Waals surface area contributed by atoms with E-state index in [1.807, 2.05) is 30.3 Å². The molecule has 0 aliphatic rings. The molecule has 4 heteroatoms. The molecule has 0 amide bonds. The molecule has 0 aromatic heterocycles. The molecule has 0 aliphatic heterocycles. The Balaban J connectivity index is 2.22. The van der Waals surface area contributed by atoms with Gasteiger partial charge in [-0.2, -0.15) is 0 Å². The molecule has 4 nitrogen and oxygen atoms in total. The molecule has 0 saturated carbocycles. The summed E-state index contributed by atoms with van der Waals surface area (Å²) in [6.07, 6.45) is 2.02. The lowest BCUT2D eigenvalue weighted by Crippen LogP contribution is -2.03. The lowest BCUT2D eigenvalue weighted by Gasteiger charge is -2.14. The van der Waals surface area contributed by atoms with Gasteiger partial charge in [-0.3, -0.25) is 5.26 Å². The summed E-state index contributed by atoms with van der Waals surface area (Å²) < 4.78 is 0. The van der Waals surface area contributed by atoms with Crippen LogP contribution in [0.15, 0.2) is 60.7 Å². The van der Waals surface area contributed by atoms with E-state index in [9.17, 15) is 4.79 Å². The van der Waals surface area contributed by atoms with Crippen molar-refractivity contribution >= 4 is 12.0 Å². The highest BCUT2D eigenvalue weighted by Gasteiger charge is 2.14. The summed E-state index contributed by atoms with van der Waals surface area (Å²) in [4.78, 5) is 15.0. The minimum Gasteiger partial charge on any atom is -0.478 e. The summed E-state index contributed by atoms with van der Waals surface area (Å²) in [5.41, 5.74) is 2.39. The molecule has 0 fully saturated rings. The fraction of sp³-hybridized carbons (Fsp3) is 0.0625. The van der Waals surface area contributed by atoms with E-state index in [0.717, 1.165) is 22.8 Å². The Morgan fingerprint density at radius 3 is 2.15 bits per heavy atom. The first kappa shape index (κ1) is 14.0. The molecule has 1 unspecified atom stereocenters.